The van der Waals surface area contributed by atoms with Crippen LogP contribution in [0.2, 0.25) is 10.0 Å². The van der Waals surface area contributed by atoms with Crippen LogP contribution in [0.1, 0.15) is 24.6 Å². The number of carbonyl (C=O) groups excluding carboxylic acids is 2. The average molecular weight is 491 g/mol. The second-order valence-electron chi connectivity index (χ2n) is 7.78. The summed E-state index contributed by atoms with van der Waals surface area (Å²) in [6.07, 6.45) is 0.828. The highest BCUT2D eigenvalue weighted by atomic mass is 35.5. The number of ether oxygens (including phenoxy) is 2. The Bertz CT molecular complexity index is 1170. The van der Waals surface area contributed by atoms with Crippen molar-refractivity contribution in [2.75, 3.05) is 43.7 Å². The van der Waals surface area contributed by atoms with Gasteiger partial charge >= 0.3 is 0 Å². The first-order chi connectivity index (χ1) is 15.9. The predicted molar refractivity (Wildman–Crippen MR) is 128 cm³/mol. The first-order valence-corrected chi connectivity index (χ1v) is 11.3. The van der Waals surface area contributed by atoms with E-state index in [0.29, 0.717) is 53.4 Å². The molecule has 10 heteroatoms. The van der Waals surface area contributed by atoms with E-state index >= 15 is 0 Å². The highest BCUT2D eigenvalue weighted by molar-refractivity contribution is 6.34. The number of aromatic nitrogens is 2. The molecular weight excluding hydrogens is 467 g/mol. The second kappa shape index (κ2) is 10.5. The molecule has 0 radical (unpaired) electrons. The van der Waals surface area contributed by atoms with E-state index in [-0.39, 0.29) is 30.8 Å². The number of anilines is 2. The number of carbonyl (C=O) groups is 2. The minimum Gasteiger partial charge on any atom is -0.385 e. The summed E-state index contributed by atoms with van der Waals surface area (Å²) in [7, 11) is 1.62. The van der Waals surface area contributed by atoms with Gasteiger partial charge in [-0.15, -0.1) is 0 Å². The molecule has 2 heterocycles. The van der Waals surface area contributed by atoms with Gasteiger partial charge in [0.15, 0.2) is 0 Å². The fraction of sp³-hybridized carbons (Fsp3) is 0.348. The molecule has 1 aromatic heterocycles. The fourth-order valence-corrected chi connectivity index (χ4v) is 4.26. The Labute approximate surface area is 201 Å². The summed E-state index contributed by atoms with van der Waals surface area (Å²) in [5, 5.41) is 3.88. The van der Waals surface area contributed by atoms with Crippen molar-refractivity contribution in [3.05, 3.63) is 52.3 Å². The maximum Gasteiger partial charge on any atom is 0.253 e. The standard InChI is InChI=1S/C23H24Cl2N4O4/c1-32-8-6-14(23-27-18-4-2-15(24)11-19(18)28-23)10-21(30)26-16-3-5-20(17(25)12-16)29-7-9-33-13-22(29)31/h2-5,11-12,14H,6-10,13H2,1H3,(H,26,30)(H,27,28). The van der Waals surface area contributed by atoms with Gasteiger partial charge in [-0.05, 0) is 42.8 Å². The Morgan fingerprint density at radius 3 is 2.91 bits per heavy atom. The number of amides is 2. The molecule has 174 valence electrons. The third-order valence-corrected chi connectivity index (χ3v) is 6.00. The third-order valence-electron chi connectivity index (χ3n) is 5.46. The lowest BCUT2D eigenvalue weighted by Gasteiger charge is -2.27. The summed E-state index contributed by atoms with van der Waals surface area (Å²) in [5.41, 5.74) is 2.76. The first-order valence-electron chi connectivity index (χ1n) is 10.6. The number of H-pyrrole nitrogens is 1. The Morgan fingerprint density at radius 1 is 1.30 bits per heavy atom. The van der Waals surface area contributed by atoms with Crippen molar-refractivity contribution in [1.82, 2.24) is 9.97 Å². The molecular formula is C23H24Cl2N4O4. The summed E-state index contributed by atoms with van der Waals surface area (Å²) in [4.78, 5) is 34.4. The number of benzene rings is 2. The number of rotatable bonds is 8. The Morgan fingerprint density at radius 2 is 2.15 bits per heavy atom. The number of imidazole rings is 1. The molecule has 1 saturated heterocycles. The van der Waals surface area contributed by atoms with Crippen LogP contribution < -0.4 is 10.2 Å². The number of aromatic amines is 1. The Kier molecular flexibility index (Phi) is 7.49. The van der Waals surface area contributed by atoms with Crippen LogP contribution in [0.4, 0.5) is 11.4 Å². The quantitative estimate of drug-likeness (QED) is 0.488. The van der Waals surface area contributed by atoms with Crippen LogP contribution in [-0.2, 0) is 19.1 Å². The van der Waals surface area contributed by atoms with E-state index in [1.54, 1.807) is 36.3 Å². The molecule has 1 unspecified atom stereocenters. The van der Waals surface area contributed by atoms with E-state index in [2.05, 4.69) is 15.3 Å². The second-order valence-corrected chi connectivity index (χ2v) is 8.62. The molecule has 2 N–H and O–H groups in total. The number of halogens is 2. The van der Waals surface area contributed by atoms with E-state index in [1.165, 1.54) is 0 Å². The summed E-state index contributed by atoms with van der Waals surface area (Å²) in [5.74, 6) is 0.212. The minimum atomic E-state index is -0.180. The number of nitrogens with zero attached hydrogens (tertiary/aromatic N) is 2. The van der Waals surface area contributed by atoms with Crippen molar-refractivity contribution in [3.8, 4) is 0 Å². The largest absolute Gasteiger partial charge is 0.385 e. The van der Waals surface area contributed by atoms with Gasteiger partial charge in [0.1, 0.15) is 12.4 Å². The van der Waals surface area contributed by atoms with Crippen molar-refractivity contribution < 1.29 is 19.1 Å². The van der Waals surface area contributed by atoms with E-state index in [0.717, 1.165) is 11.0 Å². The van der Waals surface area contributed by atoms with Crippen LogP contribution in [0.5, 0.6) is 0 Å². The highest BCUT2D eigenvalue weighted by Gasteiger charge is 2.23. The SMILES string of the molecule is COCCC(CC(=O)Nc1ccc(N2CCOCC2=O)c(Cl)c1)c1nc2ccc(Cl)cc2[nH]1. The lowest BCUT2D eigenvalue weighted by Crippen LogP contribution is -2.41. The van der Waals surface area contributed by atoms with Gasteiger partial charge in [-0.25, -0.2) is 4.98 Å². The van der Waals surface area contributed by atoms with E-state index < -0.39 is 0 Å². The highest BCUT2D eigenvalue weighted by Crippen LogP contribution is 2.31. The molecule has 1 atom stereocenters. The molecule has 4 rings (SSSR count). The normalized spacial score (nSPS) is 15.1. The number of hydrogen-bond acceptors (Lipinski definition) is 5. The molecule has 1 fully saturated rings. The molecule has 2 aromatic carbocycles. The lowest BCUT2D eigenvalue weighted by atomic mass is 10.0. The van der Waals surface area contributed by atoms with Crippen LogP contribution in [0.25, 0.3) is 11.0 Å². The van der Waals surface area contributed by atoms with Gasteiger partial charge < -0.3 is 24.7 Å². The van der Waals surface area contributed by atoms with Crippen LogP contribution in [0.3, 0.4) is 0 Å². The summed E-state index contributed by atoms with van der Waals surface area (Å²) < 4.78 is 10.4. The summed E-state index contributed by atoms with van der Waals surface area (Å²) in [6, 6.07) is 10.5. The fourth-order valence-electron chi connectivity index (χ4n) is 3.80. The van der Waals surface area contributed by atoms with Crippen LogP contribution >= 0.6 is 23.2 Å². The molecule has 2 amide bonds. The van der Waals surface area contributed by atoms with Gasteiger partial charge in [0.25, 0.3) is 5.91 Å². The number of fused-ring (bicyclic) bond motifs is 1. The average Bonchev–Trinajstić information content (AvgIpc) is 3.20. The number of hydrogen-bond donors (Lipinski definition) is 2. The van der Waals surface area contributed by atoms with Crippen LogP contribution in [0, 0.1) is 0 Å². The molecule has 3 aromatic rings. The Hall–Kier alpha value is -2.65. The van der Waals surface area contributed by atoms with E-state index in [9.17, 15) is 9.59 Å². The zero-order valence-corrected chi connectivity index (χ0v) is 19.6. The molecule has 1 aliphatic heterocycles. The van der Waals surface area contributed by atoms with Gasteiger partial charge in [-0.3, -0.25) is 9.59 Å². The summed E-state index contributed by atoms with van der Waals surface area (Å²) >= 11 is 12.5. The van der Waals surface area contributed by atoms with E-state index in [4.69, 9.17) is 32.7 Å². The molecule has 33 heavy (non-hydrogen) atoms. The third kappa shape index (κ3) is 5.65. The van der Waals surface area contributed by atoms with Gasteiger partial charge in [-0.1, -0.05) is 23.2 Å². The Balaban J connectivity index is 1.46. The van der Waals surface area contributed by atoms with Crippen molar-refractivity contribution in [2.45, 2.75) is 18.8 Å². The molecule has 0 saturated carbocycles. The maximum atomic E-state index is 12.8. The van der Waals surface area contributed by atoms with E-state index in [1.807, 2.05) is 12.1 Å². The molecule has 8 nitrogen and oxygen atoms in total. The van der Waals surface area contributed by atoms with Gasteiger partial charge in [-0.2, -0.15) is 0 Å². The van der Waals surface area contributed by atoms with Gasteiger partial charge in [0.2, 0.25) is 5.91 Å². The molecule has 1 aliphatic rings. The van der Waals surface area contributed by atoms with Crippen molar-refractivity contribution in [3.63, 3.8) is 0 Å². The molecule has 0 bridgehead atoms. The number of morpholine rings is 1. The summed E-state index contributed by atoms with van der Waals surface area (Å²) in [6.45, 7) is 1.42. The molecule has 0 spiro atoms. The lowest BCUT2D eigenvalue weighted by molar-refractivity contribution is -0.125. The van der Waals surface area contributed by atoms with Gasteiger partial charge in [0, 0.05) is 43.3 Å². The smallest absolute Gasteiger partial charge is 0.253 e. The van der Waals surface area contributed by atoms with Crippen molar-refractivity contribution >= 4 is 57.4 Å². The van der Waals surface area contributed by atoms with Crippen molar-refractivity contribution in [1.29, 1.82) is 0 Å². The topological polar surface area (TPSA) is 96.6 Å². The van der Waals surface area contributed by atoms with Crippen LogP contribution in [0.15, 0.2) is 36.4 Å². The predicted octanol–water partition coefficient (Wildman–Crippen LogP) is 4.38. The van der Waals surface area contributed by atoms with Crippen LogP contribution in [-0.4, -0.2) is 55.3 Å². The minimum absolute atomic E-state index is 0.0334. The maximum absolute atomic E-state index is 12.8. The number of nitrogens with one attached hydrogen (secondary N) is 2. The first kappa shape index (κ1) is 23.5. The molecule has 0 aliphatic carbocycles. The monoisotopic (exact) mass is 490 g/mol. The zero-order chi connectivity index (χ0) is 23.4. The zero-order valence-electron chi connectivity index (χ0n) is 18.1. The number of methoxy groups -OCH3 is 1. The van der Waals surface area contributed by atoms with Crippen molar-refractivity contribution in [2.24, 2.45) is 0 Å². The van der Waals surface area contributed by atoms with Gasteiger partial charge in [0.05, 0.1) is 28.4 Å².